The summed E-state index contributed by atoms with van der Waals surface area (Å²) in [6.07, 6.45) is 0.764. The van der Waals surface area contributed by atoms with Gasteiger partial charge in [-0.05, 0) is 69.5 Å². The lowest BCUT2D eigenvalue weighted by molar-refractivity contribution is -0.139. The quantitative estimate of drug-likeness (QED) is 0.384. The summed E-state index contributed by atoms with van der Waals surface area (Å²) in [5.74, 6) is -0.752. The van der Waals surface area contributed by atoms with Gasteiger partial charge in [-0.1, -0.05) is 66.6 Å². The molecular formula is C30H37N3O4S. The van der Waals surface area contributed by atoms with Crippen LogP contribution in [0.1, 0.15) is 42.5 Å². The molecule has 0 radical (unpaired) electrons. The molecule has 7 nitrogen and oxygen atoms in total. The molecule has 202 valence electrons. The predicted molar refractivity (Wildman–Crippen MR) is 151 cm³/mol. The third-order valence-electron chi connectivity index (χ3n) is 6.37. The Morgan fingerprint density at radius 3 is 2.05 bits per heavy atom. The summed E-state index contributed by atoms with van der Waals surface area (Å²) < 4.78 is 28.8. The summed E-state index contributed by atoms with van der Waals surface area (Å²) in [6, 6.07) is 20.5. The Morgan fingerprint density at radius 2 is 1.47 bits per heavy atom. The van der Waals surface area contributed by atoms with Crippen molar-refractivity contribution in [3.8, 4) is 0 Å². The number of nitrogens with one attached hydrogen (secondary N) is 1. The number of aryl methyl sites for hydroxylation is 3. The van der Waals surface area contributed by atoms with Crippen LogP contribution in [0.15, 0.2) is 77.7 Å². The van der Waals surface area contributed by atoms with Gasteiger partial charge in [0.1, 0.15) is 12.6 Å². The molecule has 0 saturated heterocycles. The van der Waals surface area contributed by atoms with Gasteiger partial charge in [0.25, 0.3) is 10.0 Å². The second-order valence-electron chi connectivity index (χ2n) is 9.64. The first-order valence-electron chi connectivity index (χ1n) is 12.8. The second-order valence-corrected chi connectivity index (χ2v) is 11.5. The number of rotatable bonds is 11. The van der Waals surface area contributed by atoms with Gasteiger partial charge in [-0.25, -0.2) is 8.42 Å². The number of carbonyl (C=O) groups is 2. The molecule has 3 rings (SSSR count). The molecule has 0 fully saturated rings. The SMILES string of the molecule is CCCNC(=O)[C@H](C)N(Cc1ccc(C)cc1)C(=O)CN(c1cccc(C)c1)S(=O)(=O)c1ccc(C)cc1. The number of nitrogens with zero attached hydrogens (tertiary/aromatic N) is 2. The van der Waals surface area contributed by atoms with E-state index >= 15 is 0 Å². The number of carbonyl (C=O) groups excluding carboxylic acids is 2. The molecule has 0 heterocycles. The summed E-state index contributed by atoms with van der Waals surface area (Å²) >= 11 is 0. The van der Waals surface area contributed by atoms with Gasteiger partial charge in [0.2, 0.25) is 11.8 Å². The average Bonchev–Trinajstić information content (AvgIpc) is 2.89. The zero-order valence-electron chi connectivity index (χ0n) is 22.8. The Bertz CT molecular complexity index is 1350. The Hall–Kier alpha value is -3.65. The third kappa shape index (κ3) is 7.22. The molecule has 3 aromatic carbocycles. The van der Waals surface area contributed by atoms with E-state index < -0.39 is 28.5 Å². The first-order chi connectivity index (χ1) is 18.0. The zero-order chi connectivity index (χ0) is 27.9. The van der Waals surface area contributed by atoms with Crippen molar-refractivity contribution >= 4 is 27.5 Å². The summed E-state index contributed by atoms with van der Waals surface area (Å²) in [6.45, 7) is 9.57. The molecule has 0 aromatic heterocycles. The van der Waals surface area contributed by atoms with Crippen molar-refractivity contribution in [2.45, 2.75) is 58.5 Å². The van der Waals surface area contributed by atoms with Crippen LogP contribution in [-0.2, 0) is 26.2 Å². The van der Waals surface area contributed by atoms with Crippen LogP contribution in [0.5, 0.6) is 0 Å². The molecule has 0 aliphatic rings. The lowest BCUT2D eigenvalue weighted by Gasteiger charge is -2.32. The molecule has 0 spiro atoms. The fraction of sp³-hybridized carbons (Fsp3) is 0.333. The largest absolute Gasteiger partial charge is 0.354 e. The van der Waals surface area contributed by atoms with E-state index in [0.717, 1.165) is 33.0 Å². The van der Waals surface area contributed by atoms with Crippen molar-refractivity contribution < 1.29 is 18.0 Å². The minimum absolute atomic E-state index is 0.0937. The Kier molecular flexibility index (Phi) is 9.69. The number of anilines is 1. The average molecular weight is 536 g/mol. The minimum atomic E-state index is -4.07. The Balaban J connectivity index is 2.01. The van der Waals surface area contributed by atoms with E-state index in [1.807, 2.05) is 58.0 Å². The van der Waals surface area contributed by atoms with Gasteiger partial charge >= 0.3 is 0 Å². The van der Waals surface area contributed by atoms with E-state index in [0.29, 0.717) is 12.2 Å². The zero-order valence-corrected chi connectivity index (χ0v) is 23.6. The topological polar surface area (TPSA) is 86.8 Å². The standard InChI is InChI=1S/C30H37N3O4S/c1-6-18-31-30(35)25(5)32(20-26-14-10-22(2)11-15-26)29(34)21-33(27-9-7-8-24(4)19-27)38(36,37)28-16-12-23(3)13-17-28/h7-17,19,25H,6,18,20-21H2,1-5H3,(H,31,35)/t25-/m0/s1. The molecule has 0 unspecified atom stereocenters. The lowest BCUT2D eigenvalue weighted by Crippen LogP contribution is -2.51. The van der Waals surface area contributed by atoms with Crippen molar-refractivity contribution in [2.24, 2.45) is 0 Å². The predicted octanol–water partition coefficient (Wildman–Crippen LogP) is 4.75. The van der Waals surface area contributed by atoms with Crippen molar-refractivity contribution in [1.82, 2.24) is 10.2 Å². The molecule has 0 aliphatic heterocycles. The van der Waals surface area contributed by atoms with Gasteiger partial charge in [0.05, 0.1) is 10.6 Å². The van der Waals surface area contributed by atoms with Crippen molar-refractivity contribution in [3.63, 3.8) is 0 Å². The van der Waals surface area contributed by atoms with E-state index in [-0.39, 0.29) is 17.3 Å². The molecule has 0 bridgehead atoms. The summed E-state index contributed by atoms with van der Waals surface area (Å²) in [7, 11) is -4.07. The van der Waals surface area contributed by atoms with Gasteiger partial charge in [-0.15, -0.1) is 0 Å². The highest BCUT2D eigenvalue weighted by atomic mass is 32.2. The van der Waals surface area contributed by atoms with Gasteiger partial charge in [0.15, 0.2) is 0 Å². The fourth-order valence-corrected chi connectivity index (χ4v) is 5.42. The number of sulfonamides is 1. The van der Waals surface area contributed by atoms with Crippen molar-refractivity contribution in [3.05, 3.63) is 95.1 Å². The fourth-order valence-electron chi connectivity index (χ4n) is 4.02. The summed E-state index contributed by atoms with van der Waals surface area (Å²) in [5, 5.41) is 2.85. The van der Waals surface area contributed by atoms with Crippen LogP contribution in [0.3, 0.4) is 0 Å². The van der Waals surface area contributed by atoms with Crippen LogP contribution < -0.4 is 9.62 Å². The number of benzene rings is 3. The second kappa shape index (κ2) is 12.7. The molecule has 8 heteroatoms. The first kappa shape index (κ1) is 28.9. The summed E-state index contributed by atoms with van der Waals surface area (Å²) in [4.78, 5) is 28.3. The van der Waals surface area contributed by atoms with Crippen molar-refractivity contribution in [1.29, 1.82) is 0 Å². The molecule has 38 heavy (non-hydrogen) atoms. The van der Waals surface area contributed by atoms with Gasteiger partial charge in [0, 0.05) is 13.1 Å². The highest BCUT2D eigenvalue weighted by Gasteiger charge is 2.32. The van der Waals surface area contributed by atoms with E-state index in [2.05, 4.69) is 5.32 Å². The maximum absolute atomic E-state index is 13.9. The minimum Gasteiger partial charge on any atom is -0.354 e. The van der Waals surface area contributed by atoms with Gasteiger partial charge in [-0.2, -0.15) is 0 Å². The van der Waals surface area contributed by atoms with Gasteiger partial charge < -0.3 is 10.2 Å². The molecule has 0 saturated carbocycles. The van der Waals surface area contributed by atoms with E-state index in [1.165, 1.54) is 4.90 Å². The lowest BCUT2D eigenvalue weighted by atomic mass is 10.1. The maximum Gasteiger partial charge on any atom is 0.264 e. The van der Waals surface area contributed by atoms with Crippen LogP contribution in [-0.4, -0.2) is 44.3 Å². The highest BCUT2D eigenvalue weighted by molar-refractivity contribution is 7.92. The maximum atomic E-state index is 13.9. The summed E-state index contributed by atoms with van der Waals surface area (Å²) in [5.41, 5.74) is 4.11. The molecule has 2 amide bonds. The third-order valence-corrected chi connectivity index (χ3v) is 8.16. The highest BCUT2D eigenvalue weighted by Crippen LogP contribution is 2.25. The first-order valence-corrected chi connectivity index (χ1v) is 14.3. The molecule has 0 aliphatic carbocycles. The van der Waals surface area contributed by atoms with Crippen LogP contribution >= 0.6 is 0 Å². The van der Waals surface area contributed by atoms with E-state index in [9.17, 15) is 18.0 Å². The van der Waals surface area contributed by atoms with Crippen LogP contribution in [0, 0.1) is 20.8 Å². The smallest absolute Gasteiger partial charge is 0.264 e. The van der Waals surface area contributed by atoms with Crippen LogP contribution in [0.2, 0.25) is 0 Å². The Labute approximate surface area is 226 Å². The Morgan fingerprint density at radius 1 is 0.868 bits per heavy atom. The normalized spacial score (nSPS) is 12.0. The van der Waals surface area contributed by atoms with Crippen LogP contribution in [0.4, 0.5) is 5.69 Å². The van der Waals surface area contributed by atoms with Crippen LogP contribution in [0.25, 0.3) is 0 Å². The molecule has 1 N–H and O–H groups in total. The van der Waals surface area contributed by atoms with Gasteiger partial charge in [-0.3, -0.25) is 13.9 Å². The molecular weight excluding hydrogens is 498 g/mol. The van der Waals surface area contributed by atoms with E-state index in [4.69, 9.17) is 0 Å². The van der Waals surface area contributed by atoms with E-state index in [1.54, 1.807) is 49.4 Å². The number of hydrogen-bond donors (Lipinski definition) is 1. The number of amides is 2. The monoisotopic (exact) mass is 535 g/mol. The number of hydrogen-bond acceptors (Lipinski definition) is 4. The van der Waals surface area contributed by atoms with Crippen molar-refractivity contribution in [2.75, 3.05) is 17.4 Å². The molecule has 1 atom stereocenters. The molecule has 3 aromatic rings.